The summed E-state index contributed by atoms with van der Waals surface area (Å²) >= 11 is 6.39. The van der Waals surface area contributed by atoms with Gasteiger partial charge < -0.3 is 4.74 Å². The topological polar surface area (TPSA) is 28.6 Å². The van der Waals surface area contributed by atoms with Crippen LogP contribution in [0.3, 0.4) is 0 Å². The smallest absolute Gasteiger partial charge is 0.119 e. The van der Waals surface area contributed by atoms with E-state index in [0.29, 0.717) is 0 Å². The summed E-state index contributed by atoms with van der Waals surface area (Å²) in [4.78, 5) is 9.98. The molecule has 4 nitrogen and oxygen atoms in total. The largest absolute Gasteiger partial charge is 0.492 e. The number of aromatic nitrogens is 1. The van der Waals surface area contributed by atoms with E-state index in [4.69, 9.17) is 21.3 Å². The van der Waals surface area contributed by atoms with Crippen LogP contribution >= 0.6 is 11.6 Å². The molecule has 0 unspecified atom stereocenters. The molecule has 0 saturated carbocycles. The third-order valence-corrected chi connectivity index (χ3v) is 8.63. The Kier molecular flexibility index (Phi) is 8.10. The molecule has 2 aromatic carbocycles. The molecular weight excluding hydrogens is 490 g/mol. The third-order valence-electron chi connectivity index (χ3n) is 8.40. The fraction of sp³-hybridized carbons (Fsp3) is 0.424. The minimum Gasteiger partial charge on any atom is -0.492 e. The van der Waals surface area contributed by atoms with Crippen LogP contribution in [-0.2, 0) is 19.4 Å². The van der Waals surface area contributed by atoms with E-state index in [2.05, 4.69) is 58.3 Å². The fourth-order valence-corrected chi connectivity index (χ4v) is 6.48. The highest BCUT2D eigenvalue weighted by Gasteiger charge is 2.25. The predicted molar refractivity (Wildman–Crippen MR) is 156 cm³/mol. The lowest BCUT2D eigenvalue weighted by molar-refractivity contribution is 0.183. The SMILES string of the molecule is Clc1ccc2c(c1)CCc1cccnc1C2=C1CCN(Cc2ccc(OCCN3CCCCC3)cc2)CC1. The van der Waals surface area contributed by atoms with Gasteiger partial charge in [-0.15, -0.1) is 0 Å². The lowest BCUT2D eigenvalue weighted by Gasteiger charge is -2.30. The van der Waals surface area contributed by atoms with Crippen LogP contribution in [0.15, 0.2) is 66.4 Å². The molecule has 3 aliphatic rings. The van der Waals surface area contributed by atoms with Crippen molar-refractivity contribution in [1.29, 1.82) is 0 Å². The summed E-state index contributed by atoms with van der Waals surface area (Å²) < 4.78 is 6.03. The number of halogens is 1. The summed E-state index contributed by atoms with van der Waals surface area (Å²) in [7, 11) is 0. The molecule has 3 aromatic rings. The van der Waals surface area contributed by atoms with Crippen LogP contribution in [-0.4, -0.2) is 54.1 Å². The fourth-order valence-electron chi connectivity index (χ4n) is 6.29. The Morgan fingerprint density at radius 1 is 0.789 bits per heavy atom. The zero-order valence-electron chi connectivity index (χ0n) is 22.3. The Morgan fingerprint density at radius 3 is 2.39 bits per heavy atom. The highest BCUT2D eigenvalue weighted by atomic mass is 35.5. The molecule has 5 heteroatoms. The summed E-state index contributed by atoms with van der Waals surface area (Å²) in [6.45, 7) is 7.37. The molecular formula is C33H38ClN3O. The van der Waals surface area contributed by atoms with Crippen molar-refractivity contribution in [3.63, 3.8) is 0 Å². The van der Waals surface area contributed by atoms with E-state index in [1.807, 2.05) is 12.3 Å². The predicted octanol–water partition coefficient (Wildman–Crippen LogP) is 6.80. The van der Waals surface area contributed by atoms with Gasteiger partial charge in [-0.1, -0.05) is 47.9 Å². The van der Waals surface area contributed by atoms with Gasteiger partial charge in [0.1, 0.15) is 12.4 Å². The van der Waals surface area contributed by atoms with Gasteiger partial charge in [-0.25, -0.2) is 0 Å². The normalized spacial score (nSPS) is 18.6. The molecule has 0 atom stereocenters. The number of hydrogen-bond acceptors (Lipinski definition) is 4. The molecule has 1 aliphatic carbocycles. The highest BCUT2D eigenvalue weighted by molar-refractivity contribution is 6.30. The Hall–Kier alpha value is -2.66. The Balaban J connectivity index is 1.10. The van der Waals surface area contributed by atoms with E-state index in [1.165, 1.54) is 71.4 Å². The molecule has 2 saturated heterocycles. The molecule has 0 bridgehead atoms. The number of benzene rings is 2. The molecule has 0 spiro atoms. The standard InChI is InChI=1S/C33H38ClN3O/c34-29-10-13-31-28(23-29)9-8-27-5-4-16-35-33(27)32(31)26-14-19-37(20-15-26)24-25-6-11-30(12-7-25)38-22-21-36-17-2-1-3-18-36/h4-7,10-13,16,23H,1-3,8-9,14-15,17-22,24H2. The first-order valence-electron chi connectivity index (χ1n) is 14.3. The number of rotatable bonds is 6. The van der Waals surface area contributed by atoms with Crippen molar-refractivity contribution < 1.29 is 4.74 Å². The maximum atomic E-state index is 6.39. The number of pyridine rings is 1. The molecule has 0 amide bonds. The zero-order chi connectivity index (χ0) is 25.7. The highest BCUT2D eigenvalue weighted by Crippen LogP contribution is 2.38. The molecule has 198 valence electrons. The van der Waals surface area contributed by atoms with Crippen LogP contribution in [0.2, 0.25) is 5.02 Å². The number of hydrogen-bond donors (Lipinski definition) is 0. The van der Waals surface area contributed by atoms with Gasteiger partial charge in [0, 0.05) is 43.0 Å². The molecule has 2 aliphatic heterocycles. The number of likely N-dealkylation sites (tertiary alicyclic amines) is 2. The lowest BCUT2D eigenvalue weighted by atomic mass is 9.88. The van der Waals surface area contributed by atoms with Crippen molar-refractivity contribution in [2.24, 2.45) is 0 Å². The molecule has 0 radical (unpaired) electrons. The number of nitrogens with zero attached hydrogens (tertiary/aromatic N) is 3. The third kappa shape index (κ3) is 5.98. The first-order chi connectivity index (χ1) is 18.7. The number of piperidine rings is 2. The second kappa shape index (κ2) is 12.0. The van der Waals surface area contributed by atoms with Crippen LogP contribution in [0, 0.1) is 0 Å². The number of fused-ring (bicyclic) bond motifs is 2. The van der Waals surface area contributed by atoms with Crippen LogP contribution in [0.25, 0.3) is 5.57 Å². The second-order valence-electron chi connectivity index (χ2n) is 11.0. The molecule has 2 fully saturated rings. The van der Waals surface area contributed by atoms with E-state index in [0.717, 1.165) is 69.2 Å². The van der Waals surface area contributed by atoms with Gasteiger partial charge >= 0.3 is 0 Å². The van der Waals surface area contributed by atoms with Gasteiger partial charge in [0.25, 0.3) is 0 Å². The van der Waals surface area contributed by atoms with Gasteiger partial charge in [-0.05, 0) is 104 Å². The summed E-state index contributed by atoms with van der Waals surface area (Å²) in [6, 6.07) is 19.4. The average molecular weight is 528 g/mol. The van der Waals surface area contributed by atoms with Crippen LogP contribution in [0.4, 0.5) is 0 Å². The molecule has 3 heterocycles. The summed E-state index contributed by atoms with van der Waals surface area (Å²) in [6.07, 6.45) is 10.1. The van der Waals surface area contributed by atoms with Crippen molar-refractivity contribution >= 4 is 17.2 Å². The van der Waals surface area contributed by atoms with Crippen molar-refractivity contribution in [2.45, 2.75) is 51.5 Å². The van der Waals surface area contributed by atoms with E-state index >= 15 is 0 Å². The molecule has 1 aromatic heterocycles. The first-order valence-corrected chi connectivity index (χ1v) is 14.7. The van der Waals surface area contributed by atoms with Crippen molar-refractivity contribution in [3.8, 4) is 5.75 Å². The van der Waals surface area contributed by atoms with Gasteiger partial charge in [-0.2, -0.15) is 0 Å². The van der Waals surface area contributed by atoms with E-state index in [-0.39, 0.29) is 0 Å². The van der Waals surface area contributed by atoms with E-state index in [1.54, 1.807) is 0 Å². The van der Waals surface area contributed by atoms with Crippen molar-refractivity contribution in [3.05, 3.63) is 99.3 Å². The zero-order valence-corrected chi connectivity index (χ0v) is 23.1. The second-order valence-corrected chi connectivity index (χ2v) is 11.4. The van der Waals surface area contributed by atoms with Gasteiger partial charge in [0.15, 0.2) is 0 Å². The maximum absolute atomic E-state index is 6.39. The number of ether oxygens (including phenoxy) is 1. The van der Waals surface area contributed by atoms with E-state index < -0.39 is 0 Å². The van der Waals surface area contributed by atoms with Crippen LogP contribution in [0.1, 0.15) is 60.1 Å². The minimum absolute atomic E-state index is 0.774. The molecule has 0 N–H and O–H groups in total. The number of aryl methyl sites for hydroxylation is 2. The van der Waals surface area contributed by atoms with Gasteiger partial charge in [0.2, 0.25) is 0 Å². The summed E-state index contributed by atoms with van der Waals surface area (Å²) in [5, 5.41) is 0.820. The molecule has 38 heavy (non-hydrogen) atoms. The summed E-state index contributed by atoms with van der Waals surface area (Å²) in [5.74, 6) is 0.981. The lowest BCUT2D eigenvalue weighted by Crippen LogP contribution is -2.33. The van der Waals surface area contributed by atoms with Crippen LogP contribution < -0.4 is 4.74 Å². The Morgan fingerprint density at radius 2 is 1.58 bits per heavy atom. The van der Waals surface area contributed by atoms with Crippen LogP contribution in [0.5, 0.6) is 5.75 Å². The Labute approximate surface area is 232 Å². The minimum atomic E-state index is 0.774. The quantitative estimate of drug-likeness (QED) is 0.352. The van der Waals surface area contributed by atoms with Gasteiger partial charge in [0.05, 0.1) is 5.69 Å². The molecule has 6 rings (SSSR count). The maximum Gasteiger partial charge on any atom is 0.119 e. The van der Waals surface area contributed by atoms with Crippen molar-refractivity contribution in [1.82, 2.24) is 14.8 Å². The van der Waals surface area contributed by atoms with E-state index in [9.17, 15) is 0 Å². The first kappa shape index (κ1) is 25.6. The van der Waals surface area contributed by atoms with Crippen molar-refractivity contribution in [2.75, 3.05) is 39.3 Å². The average Bonchev–Trinajstić information content (AvgIpc) is 3.12. The summed E-state index contributed by atoms with van der Waals surface area (Å²) in [5.41, 5.74) is 9.44. The Bertz CT molecular complexity index is 1270. The monoisotopic (exact) mass is 527 g/mol. The van der Waals surface area contributed by atoms with Gasteiger partial charge in [-0.3, -0.25) is 14.8 Å².